The number of piperidine rings is 1. The van der Waals surface area contributed by atoms with Crippen molar-refractivity contribution in [3.8, 4) is 11.3 Å². The smallest absolute Gasteiger partial charge is 0.259 e. The van der Waals surface area contributed by atoms with E-state index >= 15 is 0 Å². The van der Waals surface area contributed by atoms with Gasteiger partial charge in [0.2, 0.25) is 5.43 Å². The third-order valence-electron chi connectivity index (χ3n) is 7.19. The maximum atomic E-state index is 13.6. The Labute approximate surface area is 211 Å². The van der Waals surface area contributed by atoms with Crippen molar-refractivity contribution in [1.82, 2.24) is 24.6 Å². The van der Waals surface area contributed by atoms with Crippen LogP contribution in [0.3, 0.4) is 0 Å². The second kappa shape index (κ2) is 10.5. The maximum Gasteiger partial charge on any atom is 0.259 e. The second-order valence-corrected chi connectivity index (χ2v) is 10.1. The molecule has 8 heteroatoms. The number of benzene rings is 1. The number of amides is 2. The van der Waals surface area contributed by atoms with Gasteiger partial charge in [0.25, 0.3) is 11.8 Å². The summed E-state index contributed by atoms with van der Waals surface area (Å²) in [5.74, 6) is -0.165. The van der Waals surface area contributed by atoms with E-state index in [1.54, 1.807) is 28.9 Å². The van der Waals surface area contributed by atoms with Crippen LogP contribution in [0.1, 0.15) is 79.0 Å². The molecule has 36 heavy (non-hydrogen) atoms. The van der Waals surface area contributed by atoms with Crippen molar-refractivity contribution in [3.63, 3.8) is 0 Å². The Balaban J connectivity index is 1.63. The number of aromatic nitrogens is 3. The van der Waals surface area contributed by atoms with E-state index in [1.807, 2.05) is 57.2 Å². The van der Waals surface area contributed by atoms with Gasteiger partial charge in [0.05, 0.1) is 17.4 Å². The zero-order valence-corrected chi connectivity index (χ0v) is 21.7. The zero-order valence-electron chi connectivity index (χ0n) is 21.7. The van der Waals surface area contributed by atoms with E-state index in [2.05, 4.69) is 17.1 Å². The Kier molecular flexibility index (Phi) is 7.43. The molecule has 2 aromatic heterocycles. The molecule has 0 radical (unpaired) electrons. The van der Waals surface area contributed by atoms with Crippen LogP contribution in [-0.4, -0.2) is 56.5 Å². The van der Waals surface area contributed by atoms with Gasteiger partial charge >= 0.3 is 0 Å². The summed E-state index contributed by atoms with van der Waals surface area (Å²) in [5.41, 5.74) is 2.04. The summed E-state index contributed by atoms with van der Waals surface area (Å²) in [6.07, 6.45) is 4.99. The molecule has 1 atom stereocenters. The SMILES string of the molecule is CC1CCN(C(=O)c2cn(C(C)C)cc(C(=O)N(C)C(C)c3cc(-c4ccccc4)n[nH]3)c2=O)CC1. The van der Waals surface area contributed by atoms with Gasteiger partial charge in [-0.05, 0) is 45.6 Å². The summed E-state index contributed by atoms with van der Waals surface area (Å²) in [4.78, 5) is 43.6. The van der Waals surface area contributed by atoms with Gasteiger partial charge in [0.15, 0.2) is 0 Å². The fourth-order valence-electron chi connectivity index (χ4n) is 4.46. The minimum absolute atomic E-state index is 0.00271. The zero-order chi connectivity index (χ0) is 26.0. The first-order valence-electron chi connectivity index (χ1n) is 12.6. The molecule has 0 saturated carbocycles. The number of nitrogens with one attached hydrogen (secondary N) is 1. The van der Waals surface area contributed by atoms with E-state index < -0.39 is 11.3 Å². The Morgan fingerprint density at radius 1 is 1.06 bits per heavy atom. The fraction of sp³-hybridized carbons (Fsp3) is 0.429. The summed E-state index contributed by atoms with van der Waals surface area (Å²) in [5, 5.41) is 7.42. The minimum atomic E-state index is -0.519. The van der Waals surface area contributed by atoms with E-state index in [-0.39, 0.29) is 29.1 Å². The van der Waals surface area contributed by atoms with E-state index in [0.29, 0.717) is 19.0 Å². The third kappa shape index (κ3) is 5.12. The van der Waals surface area contributed by atoms with Crippen LogP contribution in [0.5, 0.6) is 0 Å². The highest BCUT2D eigenvalue weighted by atomic mass is 16.2. The van der Waals surface area contributed by atoms with E-state index in [9.17, 15) is 14.4 Å². The highest BCUT2D eigenvalue weighted by Gasteiger charge is 2.29. The Morgan fingerprint density at radius 3 is 2.33 bits per heavy atom. The van der Waals surface area contributed by atoms with E-state index in [4.69, 9.17) is 0 Å². The third-order valence-corrected chi connectivity index (χ3v) is 7.19. The number of hydrogen-bond acceptors (Lipinski definition) is 4. The van der Waals surface area contributed by atoms with Gasteiger partial charge < -0.3 is 14.4 Å². The number of aromatic amines is 1. The molecule has 1 aliphatic rings. The molecule has 1 N–H and O–H groups in total. The first kappa shape index (κ1) is 25.4. The standard InChI is InChI=1S/C28H35N5O3/c1-18(2)33-16-22(26(34)23(17-33)28(36)32-13-11-19(3)12-14-32)27(35)31(5)20(4)24-15-25(30-29-24)21-9-7-6-8-10-21/h6-10,15-20H,11-14H2,1-5H3,(H,29,30). The molecular weight excluding hydrogens is 454 g/mol. The molecule has 0 bridgehead atoms. The molecular formula is C28H35N5O3. The molecule has 0 spiro atoms. The number of hydrogen-bond donors (Lipinski definition) is 1. The summed E-state index contributed by atoms with van der Waals surface area (Å²) in [6, 6.07) is 11.3. The lowest BCUT2D eigenvalue weighted by atomic mass is 9.98. The number of carbonyl (C=O) groups excluding carboxylic acids is 2. The Morgan fingerprint density at radius 2 is 1.69 bits per heavy atom. The predicted molar refractivity (Wildman–Crippen MR) is 140 cm³/mol. The molecule has 3 heterocycles. The van der Waals surface area contributed by atoms with Gasteiger partial charge in [-0.2, -0.15) is 5.10 Å². The van der Waals surface area contributed by atoms with Crippen LogP contribution >= 0.6 is 0 Å². The van der Waals surface area contributed by atoms with Crippen LogP contribution in [0.4, 0.5) is 0 Å². The first-order chi connectivity index (χ1) is 17.2. The van der Waals surface area contributed by atoms with Gasteiger partial charge in [0.1, 0.15) is 11.1 Å². The number of rotatable bonds is 6. The first-order valence-corrected chi connectivity index (χ1v) is 12.6. The molecule has 2 amide bonds. The van der Waals surface area contributed by atoms with Crippen molar-refractivity contribution in [2.24, 2.45) is 5.92 Å². The van der Waals surface area contributed by atoms with E-state index in [0.717, 1.165) is 29.8 Å². The average Bonchev–Trinajstić information content (AvgIpc) is 3.38. The molecule has 8 nitrogen and oxygen atoms in total. The van der Waals surface area contributed by atoms with Gasteiger partial charge in [0, 0.05) is 44.1 Å². The molecule has 1 fully saturated rings. The van der Waals surface area contributed by atoms with Crippen molar-refractivity contribution in [2.45, 2.75) is 52.6 Å². The van der Waals surface area contributed by atoms with Crippen molar-refractivity contribution in [3.05, 3.63) is 75.8 Å². The van der Waals surface area contributed by atoms with Crippen LogP contribution in [0.2, 0.25) is 0 Å². The average molecular weight is 490 g/mol. The monoisotopic (exact) mass is 489 g/mol. The molecule has 1 saturated heterocycles. The molecule has 1 aliphatic heterocycles. The molecule has 1 unspecified atom stereocenters. The van der Waals surface area contributed by atoms with Crippen molar-refractivity contribution < 1.29 is 9.59 Å². The van der Waals surface area contributed by atoms with Crippen molar-refractivity contribution in [1.29, 1.82) is 0 Å². The Bertz CT molecular complexity index is 1290. The molecule has 190 valence electrons. The lowest BCUT2D eigenvalue weighted by molar-refractivity contribution is 0.0694. The topological polar surface area (TPSA) is 91.3 Å². The second-order valence-electron chi connectivity index (χ2n) is 10.1. The Hall–Kier alpha value is -3.68. The molecule has 4 rings (SSSR count). The van der Waals surface area contributed by atoms with Crippen LogP contribution in [0, 0.1) is 5.92 Å². The molecule has 1 aromatic carbocycles. The summed E-state index contributed by atoms with van der Waals surface area (Å²) < 4.78 is 1.77. The van der Waals surface area contributed by atoms with Crippen LogP contribution < -0.4 is 5.43 Å². The van der Waals surface area contributed by atoms with E-state index in [1.165, 1.54) is 4.90 Å². The van der Waals surface area contributed by atoms with Crippen LogP contribution in [0.25, 0.3) is 11.3 Å². The number of pyridine rings is 1. The van der Waals surface area contributed by atoms with Gasteiger partial charge in [-0.25, -0.2) is 0 Å². The maximum absolute atomic E-state index is 13.6. The van der Waals surface area contributed by atoms with Crippen molar-refractivity contribution in [2.75, 3.05) is 20.1 Å². The lowest BCUT2D eigenvalue weighted by Gasteiger charge is -2.30. The largest absolute Gasteiger partial charge is 0.350 e. The highest BCUT2D eigenvalue weighted by Crippen LogP contribution is 2.24. The molecule has 0 aliphatic carbocycles. The quantitative estimate of drug-likeness (QED) is 0.551. The number of nitrogens with zero attached hydrogens (tertiary/aromatic N) is 4. The summed E-state index contributed by atoms with van der Waals surface area (Å²) >= 11 is 0. The summed E-state index contributed by atoms with van der Waals surface area (Å²) in [7, 11) is 1.66. The normalized spacial score (nSPS) is 15.2. The predicted octanol–water partition coefficient (Wildman–Crippen LogP) is 4.52. The number of H-pyrrole nitrogens is 1. The molecule has 3 aromatic rings. The minimum Gasteiger partial charge on any atom is -0.350 e. The number of likely N-dealkylation sites (tertiary alicyclic amines) is 1. The van der Waals surface area contributed by atoms with Gasteiger partial charge in [-0.3, -0.25) is 19.5 Å². The summed E-state index contributed by atoms with van der Waals surface area (Å²) in [6.45, 7) is 9.21. The fourth-order valence-corrected chi connectivity index (χ4v) is 4.46. The van der Waals surface area contributed by atoms with Crippen molar-refractivity contribution >= 4 is 11.8 Å². The lowest BCUT2D eigenvalue weighted by Crippen LogP contribution is -2.42. The highest BCUT2D eigenvalue weighted by molar-refractivity contribution is 5.99. The number of carbonyl (C=O) groups is 2. The van der Waals surface area contributed by atoms with Gasteiger partial charge in [-0.15, -0.1) is 0 Å². The van der Waals surface area contributed by atoms with Crippen LogP contribution in [-0.2, 0) is 0 Å². The van der Waals surface area contributed by atoms with Gasteiger partial charge in [-0.1, -0.05) is 37.3 Å². The van der Waals surface area contributed by atoms with Crippen LogP contribution in [0.15, 0.2) is 53.6 Å².